The fourth-order valence-electron chi connectivity index (χ4n) is 1.37. The van der Waals surface area contributed by atoms with Crippen LogP contribution in [0.1, 0.15) is 0 Å². The highest BCUT2D eigenvalue weighted by Gasteiger charge is 2.28. The molecule has 0 heterocycles. The largest absolute Gasteiger partial charge is 0.395 e. The molecule has 0 aromatic heterocycles. The molecule has 0 saturated heterocycles. The summed E-state index contributed by atoms with van der Waals surface area (Å²) in [6.07, 6.45) is -2.90. The Balaban J connectivity index is 3.13. The number of sulfonamides is 1. The summed E-state index contributed by atoms with van der Waals surface area (Å²) in [7, 11) is -4.37. The number of hydrogen-bond donors (Lipinski definition) is 1. The SMILES string of the molecule is O=S(=O)(c1ccccc1F)N(CCO)CC(F)F. The minimum absolute atomic E-state index is 0.357. The molecular weight excluding hydrogens is 271 g/mol. The van der Waals surface area contributed by atoms with Crippen molar-refractivity contribution in [1.29, 1.82) is 0 Å². The lowest BCUT2D eigenvalue weighted by Crippen LogP contribution is -2.37. The predicted octanol–water partition coefficient (Wildman–Crippen LogP) is 1.07. The van der Waals surface area contributed by atoms with Crippen molar-refractivity contribution in [3.05, 3.63) is 30.1 Å². The number of benzene rings is 1. The van der Waals surface area contributed by atoms with Crippen LogP contribution in [0.15, 0.2) is 29.2 Å². The molecule has 0 saturated carbocycles. The van der Waals surface area contributed by atoms with Crippen LogP contribution in [-0.4, -0.2) is 44.0 Å². The van der Waals surface area contributed by atoms with Gasteiger partial charge in [0.15, 0.2) is 0 Å². The second kappa shape index (κ2) is 6.17. The molecule has 0 unspecified atom stereocenters. The van der Waals surface area contributed by atoms with Crippen LogP contribution in [0, 0.1) is 5.82 Å². The Labute approximate surface area is 103 Å². The summed E-state index contributed by atoms with van der Waals surface area (Å²) >= 11 is 0. The molecule has 0 bridgehead atoms. The van der Waals surface area contributed by atoms with Gasteiger partial charge in [-0.15, -0.1) is 0 Å². The van der Waals surface area contributed by atoms with Crippen molar-refractivity contribution in [2.24, 2.45) is 0 Å². The van der Waals surface area contributed by atoms with E-state index in [0.717, 1.165) is 12.1 Å². The van der Waals surface area contributed by atoms with Gasteiger partial charge in [0, 0.05) is 6.54 Å². The molecule has 4 nitrogen and oxygen atoms in total. The average molecular weight is 283 g/mol. The third-order valence-corrected chi connectivity index (χ3v) is 4.04. The standard InChI is InChI=1S/C10H12F3NO3S/c11-8-3-1-2-4-9(8)18(16,17)14(5-6-15)7-10(12)13/h1-4,10,15H,5-7H2. The zero-order valence-corrected chi connectivity index (χ0v) is 10.1. The molecule has 1 N–H and O–H groups in total. The zero-order valence-electron chi connectivity index (χ0n) is 9.26. The van der Waals surface area contributed by atoms with Crippen LogP contribution in [0.3, 0.4) is 0 Å². The van der Waals surface area contributed by atoms with Gasteiger partial charge in [-0.2, -0.15) is 4.31 Å². The molecule has 0 amide bonds. The number of rotatable bonds is 6. The highest BCUT2D eigenvalue weighted by molar-refractivity contribution is 7.89. The van der Waals surface area contributed by atoms with Gasteiger partial charge < -0.3 is 5.11 Å². The fourth-order valence-corrected chi connectivity index (χ4v) is 2.84. The van der Waals surface area contributed by atoms with Crippen LogP contribution >= 0.6 is 0 Å². The zero-order chi connectivity index (χ0) is 13.8. The Morgan fingerprint density at radius 2 is 1.89 bits per heavy atom. The van der Waals surface area contributed by atoms with E-state index < -0.39 is 46.9 Å². The topological polar surface area (TPSA) is 57.6 Å². The van der Waals surface area contributed by atoms with Crippen molar-refractivity contribution >= 4 is 10.0 Å². The van der Waals surface area contributed by atoms with Gasteiger partial charge in [-0.3, -0.25) is 0 Å². The van der Waals surface area contributed by atoms with Gasteiger partial charge in [0.05, 0.1) is 13.2 Å². The van der Waals surface area contributed by atoms with E-state index in [0.29, 0.717) is 4.31 Å². The highest BCUT2D eigenvalue weighted by Crippen LogP contribution is 2.19. The molecule has 0 fully saturated rings. The van der Waals surface area contributed by atoms with Gasteiger partial charge in [0.25, 0.3) is 6.43 Å². The Morgan fingerprint density at radius 3 is 2.39 bits per heavy atom. The van der Waals surface area contributed by atoms with Gasteiger partial charge in [-0.1, -0.05) is 12.1 Å². The second-order valence-corrected chi connectivity index (χ2v) is 5.31. The van der Waals surface area contributed by atoms with E-state index >= 15 is 0 Å². The normalized spacial score (nSPS) is 12.3. The van der Waals surface area contributed by atoms with E-state index in [4.69, 9.17) is 5.11 Å². The summed E-state index contributed by atoms with van der Waals surface area (Å²) in [4.78, 5) is -0.681. The second-order valence-electron chi connectivity index (χ2n) is 3.41. The number of alkyl halides is 2. The Kier molecular flexibility index (Phi) is 5.12. The number of aliphatic hydroxyl groups excluding tert-OH is 1. The third kappa shape index (κ3) is 3.44. The summed E-state index contributed by atoms with van der Waals surface area (Å²) in [5.74, 6) is -1.02. The summed E-state index contributed by atoms with van der Waals surface area (Å²) in [6.45, 7) is -2.22. The van der Waals surface area contributed by atoms with Gasteiger partial charge in [-0.05, 0) is 12.1 Å². The maximum absolute atomic E-state index is 13.4. The van der Waals surface area contributed by atoms with Crippen LogP contribution < -0.4 is 0 Å². The first-order valence-electron chi connectivity index (χ1n) is 5.03. The Hall–Kier alpha value is -1.12. The minimum Gasteiger partial charge on any atom is -0.395 e. The van der Waals surface area contributed by atoms with Crippen LogP contribution in [0.4, 0.5) is 13.2 Å². The molecule has 0 radical (unpaired) electrons. The van der Waals surface area contributed by atoms with E-state index in [1.807, 2.05) is 0 Å². The fraction of sp³-hybridized carbons (Fsp3) is 0.400. The molecule has 1 aromatic carbocycles. The molecular formula is C10H12F3NO3S. The average Bonchev–Trinajstić information content (AvgIpc) is 2.28. The molecule has 0 aliphatic rings. The number of halogens is 3. The lowest BCUT2D eigenvalue weighted by atomic mass is 10.4. The minimum atomic E-state index is -4.37. The lowest BCUT2D eigenvalue weighted by Gasteiger charge is -2.20. The predicted molar refractivity (Wildman–Crippen MR) is 58.2 cm³/mol. The molecule has 1 aromatic rings. The summed E-state index contributed by atoms with van der Waals surface area (Å²) < 4.78 is 62.1. The molecule has 102 valence electrons. The molecule has 0 spiro atoms. The van der Waals surface area contributed by atoms with E-state index in [1.54, 1.807) is 0 Å². The molecule has 0 atom stereocenters. The highest BCUT2D eigenvalue weighted by atomic mass is 32.2. The van der Waals surface area contributed by atoms with Crippen molar-refractivity contribution in [2.75, 3.05) is 19.7 Å². The van der Waals surface area contributed by atoms with Crippen molar-refractivity contribution < 1.29 is 26.7 Å². The monoisotopic (exact) mass is 283 g/mol. The van der Waals surface area contributed by atoms with Crippen molar-refractivity contribution in [1.82, 2.24) is 4.31 Å². The lowest BCUT2D eigenvalue weighted by molar-refractivity contribution is 0.113. The first kappa shape index (κ1) is 14.9. The van der Waals surface area contributed by atoms with E-state index in [1.165, 1.54) is 12.1 Å². The number of nitrogens with zero attached hydrogens (tertiary/aromatic N) is 1. The van der Waals surface area contributed by atoms with Gasteiger partial charge in [0.2, 0.25) is 10.0 Å². The van der Waals surface area contributed by atoms with Gasteiger partial charge in [-0.25, -0.2) is 21.6 Å². The van der Waals surface area contributed by atoms with Gasteiger partial charge >= 0.3 is 0 Å². The maximum atomic E-state index is 13.4. The molecule has 8 heteroatoms. The third-order valence-electron chi connectivity index (χ3n) is 2.15. The van der Waals surface area contributed by atoms with E-state index in [2.05, 4.69) is 0 Å². The molecule has 18 heavy (non-hydrogen) atoms. The summed E-state index contributed by atoms with van der Waals surface area (Å²) in [5, 5.41) is 8.68. The quantitative estimate of drug-likeness (QED) is 0.849. The van der Waals surface area contributed by atoms with E-state index in [9.17, 15) is 21.6 Å². The molecule has 1 rings (SSSR count). The first-order valence-corrected chi connectivity index (χ1v) is 6.47. The van der Waals surface area contributed by atoms with Crippen LogP contribution in [-0.2, 0) is 10.0 Å². The van der Waals surface area contributed by atoms with Gasteiger partial charge in [0.1, 0.15) is 10.7 Å². The maximum Gasteiger partial charge on any atom is 0.252 e. The molecule has 0 aliphatic carbocycles. The Morgan fingerprint density at radius 1 is 1.28 bits per heavy atom. The van der Waals surface area contributed by atoms with Crippen LogP contribution in [0.5, 0.6) is 0 Å². The molecule has 0 aliphatic heterocycles. The number of aliphatic hydroxyl groups is 1. The van der Waals surface area contributed by atoms with Crippen molar-refractivity contribution in [2.45, 2.75) is 11.3 Å². The van der Waals surface area contributed by atoms with Crippen LogP contribution in [0.25, 0.3) is 0 Å². The summed E-state index contributed by atoms with van der Waals surface area (Å²) in [6, 6.07) is 4.49. The smallest absolute Gasteiger partial charge is 0.252 e. The number of hydrogen-bond acceptors (Lipinski definition) is 3. The van der Waals surface area contributed by atoms with Crippen molar-refractivity contribution in [3.63, 3.8) is 0 Å². The summed E-state index contributed by atoms with van der Waals surface area (Å²) in [5.41, 5.74) is 0. The van der Waals surface area contributed by atoms with Crippen molar-refractivity contribution in [3.8, 4) is 0 Å². The van der Waals surface area contributed by atoms with E-state index in [-0.39, 0.29) is 0 Å². The Bertz CT molecular complexity index is 493. The van der Waals surface area contributed by atoms with Crippen LogP contribution in [0.2, 0.25) is 0 Å². The first-order chi connectivity index (χ1) is 8.39.